The van der Waals surface area contributed by atoms with E-state index in [1.54, 1.807) is 13.2 Å². The van der Waals surface area contributed by atoms with E-state index < -0.39 is 4.92 Å². The van der Waals surface area contributed by atoms with Crippen LogP contribution in [-0.2, 0) is 4.74 Å². The summed E-state index contributed by atoms with van der Waals surface area (Å²) in [6.45, 7) is 3.35. The molecule has 0 bridgehead atoms. The number of non-ortho nitro benzene ring substituents is 1. The molecule has 1 heterocycles. The predicted octanol–water partition coefficient (Wildman–Crippen LogP) is 2.23. The van der Waals surface area contributed by atoms with Crippen LogP contribution in [0.1, 0.15) is 6.92 Å². The maximum atomic E-state index is 10.8. The van der Waals surface area contributed by atoms with E-state index in [1.807, 2.05) is 6.92 Å². The van der Waals surface area contributed by atoms with E-state index in [-0.39, 0.29) is 5.69 Å². The Hall–Kier alpha value is -2.28. The highest BCUT2D eigenvalue weighted by Gasteiger charge is 2.11. The molecule has 1 aromatic carbocycles. The summed E-state index contributed by atoms with van der Waals surface area (Å²) in [5, 5.41) is 14.7. The van der Waals surface area contributed by atoms with Crippen LogP contribution in [0.3, 0.4) is 0 Å². The maximum Gasteiger partial charge on any atom is 0.270 e. The van der Waals surface area contributed by atoms with Crippen molar-refractivity contribution in [3.63, 3.8) is 0 Å². The van der Waals surface area contributed by atoms with Crippen LogP contribution in [-0.4, -0.2) is 35.2 Å². The van der Waals surface area contributed by atoms with Gasteiger partial charge in [-0.15, -0.1) is 0 Å². The van der Waals surface area contributed by atoms with Crippen molar-refractivity contribution in [1.29, 1.82) is 0 Å². The molecule has 2 rings (SSSR count). The number of anilines is 1. The lowest BCUT2D eigenvalue weighted by Crippen LogP contribution is -2.16. The Kier molecular flexibility index (Phi) is 4.41. The van der Waals surface area contributed by atoms with Crippen LogP contribution in [0, 0.1) is 16.0 Å². The van der Waals surface area contributed by atoms with Crippen molar-refractivity contribution in [3.05, 3.63) is 34.6 Å². The second kappa shape index (κ2) is 6.25. The Balaban J connectivity index is 2.27. The van der Waals surface area contributed by atoms with E-state index >= 15 is 0 Å². The number of nitro groups is 1. The molecule has 0 spiro atoms. The van der Waals surface area contributed by atoms with Crippen LogP contribution in [0.15, 0.2) is 24.5 Å². The van der Waals surface area contributed by atoms with Gasteiger partial charge in [-0.05, 0) is 12.0 Å². The topological polar surface area (TPSA) is 90.2 Å². The summed E-state index contributed by atoms with van der Waals surface area (Å²) in [7, 11) is 1.65. The summed E-state index contributed by atoms with van der Waals surface area (Å²) >= 11 is 0. The standard InChI is InChI=1S/C13H16N4O3/c1-9(7-20-2)6-14-13-11-5-10(17(18)19)3-4-12(11)15-8-16-13/h3-5,8-9H,6-7H2,1-2H3,(H,14,15,16). The van der Waals surface area contributed by atoms with Crippen molar-refractivity contribution >= 4 is 22.4 Å². The summed E-state index contributed by atoms with van der Waals surface area (Å²) in [6.07, 6.45) is 1.44. The molecule has 0 aliphatic rings. The molecule has 1 aromatic heterocycles. The zero-order valence-electron chi connectivity index (χ0n) is 11.4. The molecule has 1 unspecified atom stereocenters. The molecule has 106 valence electrons. The minimum absolute atomic E-state index is 0.0280. The molecule has 1 atom stereocenters. The second-order valence-electron chi connectivity index (χ2n) is 4.62. The van der Waals surface area contributed by atoms with Gasteiger partial charge in [0.25, 0.3) is 5.69 Å². The number of fused-ring (bicyclic) bond motifs is 1. The van der Waals surface area contributed by atoms with Gasteiger partial charge in [0, 0.05) is 31.2 Å². The van der Waals surface area contributed by atoms with Crippen LogP contribution in [0.5, 0.6) is 0 Å². The van der Waals surface area contributed by atoms with Gasteiger partial charge >= 0.3 is 0 Å². The monoisotopic (exact) mass is 276 g/mol. The number of nitro benzene ring substituents is 1. The van der Waals surface area contributed by atoms with E-state index in [0.717, 1.165) is 0 Å². The van der Waals surface area contributed by atoms with Crippen LogP contribution >= 0.6 is 0 Å². The first-order valence-electron chi connectivity index (χ1n) is 6.23. The summed E-state index contributed by atoms with van der Waals surface area (Å²) in [5.41, 5.74) is 0.702. The van der Waals surface area contributed by atoms with Gasteiger partial charge in [-0.25, -0.2) is 9.97 Å². The van der Waals surface area contributed by atoms with Crippen LogP contribution in [0.25, 0.3) is 10.9 Å². The van der Waals surface area contributed by atoms with Gasteiger partial charge in [0.05, 0.1) is 17.0 Å². The number of nitrogens with one attached hydrogen (secondary N) is 1. The molecule has 0 aliphatic heterocycles. The molecule has 0 aliphatic carbocycles. The molecule has 0 saturated carbocycles. The fourth-order valence-electron chi connectivity index (χ4n) is 1.91. The van der Waals surface area contributed by atoms with E-state index in [9.17, 15) is 10.1 Å². The first kappa shape index (κ1) is 14.1. The van der Waals surface area contributed by atoms with Gasteiger partial charge in [-0.1, -0.05) is 6.92 Å². The fraction of sp³-hybridized carbons (Fsp3) is 0.385. The second-order valence-corrected chi connectivity index (χ2v) is 4.62. The van der Waals surface area contributed by atoms with Crippen molar-refractivity contribution < 1.29 is 9.66 Å². The SMILES string of the molecule is COCC(C)CNc1ncnc2ccc([N+](=O)[O-])cc12. The normalized spacial score (nSPS) is 12.3. The van der Waals surface area contributed by atoms with Crippen LogP contribution in [0.4, 0.5) is 11.5 Å². The third-order valence-electron chi connectivity index (χ3n) is 2.90. The number of benzene rings is 1. The maximum absolute atomic E-state index is 10.8. The fourth-order valence-corrected chi connectivity index (χ4v) is 1.91. The predicted molar refractivity (Wildman–Crippen MR) is 75.7 cm³/mol. The first-order chi connectivity index (χ1) is 9.61. The highest BCUT2D eigenvalue weighted by Crippen LogP contribution is 2.24. The van der Waals surface area contributed by atoms with E-state index in [0.29, 0.717) is 35.8 Å². The summed E-state index contributed by atoms with van der Waals surface area (Å²) in [4.78, 5) is 18.7. The average Bonchev–Trinajstić information content (AvgIpc) is 2.44. The molecular formula is C13H16N4O3. The van der Waals surface area contributed by atoms with E-state index in [1.165, 1.54) is 18.5 Å². The smallest absolute Gasteiger partial charge is 0.270 e. The third kappa shape index (κ3) is 3.18. The number of aromatic nitrogens is 2. The summed E-state index contributed by atoms with van der Waals surface area (Å²) in [6, 6.07) is 4.55. The van der Waals surface area contributed by atoms with Gasteiger partial charge in [0.1, 0.15) is 12.1 Å². The molecule has 7 heteroatoms. The van der Waals surface area contributed by atoms with Crippen molar-refractivity contribution in [3.8, 4) is 0 Å². The minimum Gasteiger partial charge on any atom is -0.384 e. The molecule has 0 radical (unpaired) electrons. The molecule has 0 amide bonds. The highest BCUT2D eigenvalue weighted by atomic mass is 16.6. The third-order valence-corrected chi connectivity index (χ3v) is 2.90. The first-order valence-corrected chi connectivity index (χ1v) is 6.23. The average molecular weight is 276 g/mol. The molecule has 1 N–H and O–H groups in total. The number of methoxy groups -OCH3 is 1. The van der Waals surface area contributed by atoms with Crippen LogP contribution in [0.2, 0.25) is 0 Å². The summed E-state index contributed by atoms with van der Waals surface area (Å²) < 4.78 is 5.07. The molecule has 0 saturated heterocycles. The Labute approximate surface area is 116 Å². The molecule has 2 aromatic rings. The van der Waals surface area contributed by atoms with Crippen molar-refractivity contribution in [2.45, 2.75) is 6.92 Å². The Bertz CT molecular complexity index is 618. The van der Waals surface area contributed by atoms with Crippen LogP contribution < -0.4 is 5.32 Å². The van der Waals surface area contributed by atoms with Gasteiger partial charge in [0.15, 0.2) is 0 Å². The van der Waals surface area contributed by atoms with Crippen molar-refractivity contribution in [2.24, 2.45) is 5.92 Å². The largest absolute Gasteiger partial charge is 0.384 e. The van der Waals surface area contributed by atoms with E-state index in [2.05, 4.69) is 15.3 Å². The Morgan fingerprint density at radius 1 is 1.45 bits per heavy atom. The lowest BCUT2D eigenvalue weighted by Gasteiger charge is -2.13. The molecule has 7 nitrogen and oxygen atoms in total. The minimum atomic E-state index is -0.427. The lowest BCUT2D eigenvalue weighted by atomic mass is 10.2. The Morgan fingerprint density at radius 2 is 2.25 bits per heavy atom. The Morgan fingerprint density at radius 3 is 2.95 bits per heavy atom. The lowest BCUT2D eigenvalue weighted by molar-refractivity contribution is -0.384. The van der Waals surface area contributed by atoms with Gasteiger partial charge in [-0.3, -0.25) is 10.1 Å². The van der Waals surface area contributed by atoms with Gasteiger partial charge in [-0.2, -0.15) is 0 Å². The number of hydrogen-bond donors (Lipinski definition) is 1. The van der Waals surface area contributed by atoms with E-state index in [4.69, 9.17) is 4.74 Å². The van der Waals surface area contributed by atoms with Gasteiger partial charge in [0.2, 0.25) is 0 Å². The number of rotatable bonds is 6. The van der Waals surface area contributed by atoms with Crippen molar-refractivity contribution in [1.82, 2.24) is 9.97 Å². The number of hydrogen-bond acceptors (Lipinski definition) is 6. The van der Waals surface area contributed by atoms with Gasteiger partial charge < -0.3 is 10.1 Å². The zero-order chi connectivity index (χ0) is 14.5. The number of nitrogens with zero attached hydrogens (tertiary/aromatic N) is 3. The highest BCUT2D eigenvalue weighted by molar-refractivity contribution is 5.90. The summed E-state index contributed by atoms with van der Waals surface area (Å²) in [5.74, 6) is 0.908. The molecule has 20 heavy (non-hydrogen) atoms. The quantitative estimate of drug-likeness (QED) is 0.642. The zero-order valence-corrected chi connectivity index (χ0v) is 11.4. The number of ether oxygens (including phenoxy) is 1. The molecular weight excluding hydrogens is 260 g/mol. The van der Waals surface area contributed by atoms with Crippen molar-refractivity contribution in [2.75, 3.05) is 25.6 Å². The molecule has 0 fully saturated rings.